The average Bonchev–Trinajstić information content (AvgIpc) is 2.39. The number of amides is 2. The predicted molar refractivity (Wildman–Crippen MR) is 68.1 cm³/mol. The smallest absolute Gasteiger partial charge is 0.268 e. The summed E-state index contributed by atoms with van der Waals surface area (Å²) in [5.41, 5.74) is 16.2. The van der Waals surface area contributed by atoms with Crippen molar-refractivity contribution in [2.75, 3.05) is 25.6 Å². The van der Waals surface area contributed by atoms with Crippen molar-refractivity contribution in [1.82, 2.24) is 15.9 Å². The van der Waals surface area contributed by atoms with Gasteiger partial charge in [-0.05, 0) is 12.1 Å². The Morgan fingerprint density at radius 3 is 2.39 bits per heavy atom. The third-order valence-corrected chi connectivity index (χ3v) is 2.51. The normalized spacial score (nSPS) is 9.94. The summed E-state index contributed by atoms with van der Waals surface area (Å²) < 4.78 is 0. The van der Waals surface area contributed by atoms with E-state index in [4.69, 9.17) is 17.3 Å². The van der Waals surface area contributed by atoms with Gasteiger partial charge >= 0.3 is 0 Å². The second-order valence-corrected chi connectivity index (χ2v) is 3.55. The molecule has 98 valence electrons. The first-order valence-corrected chi connectivity index (χ1v) is 5.08. The maximum atomic E-state index is 12.0. The molecule has 0 aliphatic rings. The van der Waals surface area contributed by atoms with Gasteiger partial charge in [0.05, 0.1) is 22.5 Å². The van der Waals surface area contributed by atoms with Crippen LogP contribution in [0.1, 0.15) is 20.7 Å². The zero-order valence-electron chi connectivity index (χ0n) is 10.2. The second kappa shape index (κ2) is 5.34. The Bertz CT molecular complexity index is 488. The van der Waals surface area contributed by atoms with E-state index in [-0.39, 0.29) is 22.5 Å². The summed E-state index contributed by atoms with van der Waals surface area (Å²) in [5.74, 6) is 3.96. The summed E-state index contributed by atoms with van der Waals surface area (Å²) in [5, 5.41) is 1.21. The van der Waals surface area contributed by atoms with Crippen LogP contribution >= 0.6 is 0 Å². The highest BCUT2D eigenvalue weighted by atomic mass is 16.2. The molecule has 0 bridgehead atoms. The molecule has 0 radical (unpaired) electrons. The molecule has 1 aromatic carbocycles. The number of hydrogen-bond donors (Lipinski definition) is 5. The van der Waals surface area contributed by atoms with Crippen LogP contribution in [0.15, 0.2) is 12.1 Å². The maximum Gasteiger partial charge on any atom is 0.268 e. The summed E-state index contributed by atoms with van der Waals surface area (Å²) in [6, 6.07) is 2.88. The van der Waals surface area contributed by atoms with Crippen LogP contribution in [0.4, 0.5) is 11.4 Å². The van der Waals surface area contributed by atoms with Crippen LogP contribution < -0.4 is 28.2 Å². The summed E-state index contributed by atoms with van der Waals surface area (Å²) in [7, 11) is 3.08. The van der Waals surface area contributed by atoms with Gasteiger partial charge in [0.2, 0.25) is 0 Å². The molecule has 0 fully saturated rings. The van der Waals surface area contributed by atoms with Gasteiger partial charge in [0.25, 0.3) is 11.8 Å². The van der Waals surface area contributed by atoms with Gasteiger partial charge < -0.3 is 11.5 Å². The van der Waals surface area contributed by atoms with E-state index in [9.17, 15) is 9.59 Å². The summed E-state index contributed by atoms with van der Waals surface area (Å²) in [6.07, 6.45) is 0. The Hall–Kier alpha value is -2.32. The van der Waals surface area contributed by atoms with Gasteiger partial charge in [-0.3, -0.25) is 20.0 Å². The summed E-state index contributed by atoms with van der Waals surface area (Å²) in [4.78, 5) is 23.7. The first-order valence-electron chi connectivity index (χ1n) is 5.08. The van der Waals surface area contributed by atoms with Gasteiger partial charge in [0, 0.05) is 14.1 Å². The lowest BCUT2D eigenvalue weighted by atomic mass is 10.0. The highest BCUT2D eigenvalue weighted by Crippen LogP contribution is 2.24. The first kappa shape index (κ1) is 13.7. The molecule has 0 saturated heterocycles. The molecule has 1 rings (SSSR count). The number of rotatable bonds is 3. The molecule has 8 heteroatoms. The van der Waals surface area contributed by atoms with E-state index >= 15 is 0 Å². The number of carbonyl (C=O) groups is 2. The van der Waals surface area contributed by atoms with Crippen molar-refractivity contribution in [1.29, 1.82) is 0 Å². The van der Waals surface area contributed by atoms with Gasteiger partial charge in [-0.15, -0.1) is 0 Å². The molecule has 1 aromatic rings. The van der Waals surface area contributed by atoms with Gasteiger partial charge in [-0.25, -0.2) is 11.3 Å². The molecule has 18 heavy (non-hydrogen) atoms. The fraction of sp³-hybridized carbons (Fsp3) is 0.200. The molecule has 0 saturated carbocycles. The van der Waals surface area contributed by atoms with Gasteiger partial charge in [-0.2, -0.15) is 0 Å². The number of nitrogens with zero attached hydrogens (tertiary/aromatic N) is 1. The molecule has 0 aliphatic heterocycles. The number of nitrogens with two attached hydrogens (primary N) is 3. The molecule has 8 nitrogen and oxygen atoms in total. The van der Waals surface area contributed by atoms with Crippen molar-refractivity contribution >= 4 is 23.2 Å². The Morgan fingerprint density at radius 2 is 1.89 bits per heavy atom. The van der Waals surface area contributed by atoms with E-state index in [0.717, 1.165) is 0 Å². The quantitative estimate of drug-likeness (QED) is 0.195. The molecule has 0 aromatic heterocycles. The standard InChI is InChI=1S/C10H16N6O2/c1-14-16(2)10(18)5-3-4-6(11)8(12)7(5)9(17)15-13/h3-4,14H,11-13H2,1-2H3,(H,15,17). The van der Waals surface area contributed by atoms with Gasteiger partial charge in [0.15, 0.2) is 0 Å². The predicted octanol–water partition coefficient (Wildman–Crippen LogP) is -1.34. The molecule has 0 unspecified atom stereocenters. The van der Waals surface area contributed by atoms with Gasteiger partial charge in [-0.1, -0.05) is 0 Å². The van der Waals surface area contributed by atoms with Crippen LogP contribution in [0.3, 0.4) is 0 Å². The minimum atomic E-state index is -0.673. The van der Waals surface area contributed by atoms with E-state index < -0.39 is 11.8 Å². The van der Waals surface area contributed by atoms with Crippen LogP contribution in [0.25, 0.3) is 0 Å². The van der Waals surface area contributed by atoms with Crippen molar-refractivity contribution < 1.29 is 9.59 Å². The topological polar surface area (TPSA) is 140 Å². The maximum absolute atomic E-state index is 12.0. The van der Waals surface area contributed by atoms with Crippen LogP contribution in [0.2, 0.25) is 0 Å². The van der Waals surface area contributed by atoms with Crippen molar-refractivity contribution in [2.45, 2.75) is 0 Å². The second-order valence-electron chi connectivity index (χ2n) is 3.55. The fourth-order valence-electron chi connectivity index (χ4n) is 1.41. The molecule has 0 spiro atoms. The Morgan fingerprint density at radius 1 is 1.28 bits per heavy atom. The zero-order chi connectivity index (χ0) is 13.9. The lowest BCUT2D eigenvalue weighted by molar-refractivity contribution is 0.0729. The number of benzene rings is 1. The third kappa shape index (κ3) is 2.34. The Kier molecular flexibility index (Phi) is 4.08. The van der Waals surface area contributed by atoms with Crippen molar-refractivity contribution in [2.24, 2.45) is 5.84 Å². The summed E-state index contributed by atoms with van der Waals surface area (Å²) in [6.45, 7) is 0. The van der Waals surface area contributed by atoms with Crippen molar-refractivity contribution in [3.05, 3.63) is 23.3 Å². The molecule has 0 atom stereocenters. The molecular formula is C10H16N6O2. The van der Waals surface area contributed by atoms with Crippen LogP contribution in [-0.2, 0) is 0 Å². The number of hydrazine groups is 2. The van der Waals surface area contributed by atoms with E-state index in [2.05, 4.69) is 5.43 Å². The third-order valence-electron chi connectivity index (χ3n) is 2.51. The lowest BCUT2D eigenvalue weighted by Crippen LogP contribution is -2.39. The minimum Gasteiger partial charge on any atom is -0.397 e. The highest BCUT2D eigenvalue weighted by molar-refractivity contribution is 6.11. The highest BCUT2D eigenvalue weighted by Gasteiger charge is 2.22. The molecule has 8 N–H and O–H groups in total. The van der Waals surface area contributed by atoms with Gasteiger partial charge in [0.1, 0.15) is 0 Å². The van der Waals surface area contributed by atoms with Crippen LogP contribution in [0.5, 0.6) is 0 Å². The first-order chi connectivity index (χ1) is 8.43. The summed E-state index contributed by atoms with van der Waals surface area (Å²) >= 11 is 0. The number of carbonyl (C=O) groups excluding carboxylic acids is 2. The largest absolute Gasteiger partial charge is 0.397 e. The number of nitrogens with one attached hydrogen (secondary N) is 2. The number of nitrogen functional groups attached to an aromatic ring is 3. The molecule has 0 aliphatic carbocycles. The Labute approximate surface area is 104 Å². The van der Waals surface area contributed by atoms with E-state index in [1.54, 1.807) is 7.05 Å². The molecule has 2 amide bonds. The fourth-order valence-corrected chi connectivity index (χ4v) is 1.41. The Balaban J connectivity index is 3.40. The molecule has 0 heterocycles. The SMILES string of the molecule is CNN(C)C(=O)c1ccc(N)c(N)c1C(=O)NN. The van der Waals surface area contributed by atoms with E-state index in [0.29, 0.717) is 0 Å². The van der Waals surface area contributed by atoms with Crippen molar-refractivity contribution in [3.63, 3.8) is 0 Å². The zero-order valence-corrected chi connectivity index (χ0v) is 10.2. The van der Waals surface area contributed by atoms with Crippen LogP contribution in [0, 0.1) is 0 Å². The van der Waals surface area contributed by atoms with Crippen LogP contribution in [-0.4, -0.2) is 30.9 Å². The number of anilines is 2. The van der Waals surface area contributed by atoms with E-state index in [1.165, 1.54) is 24.2 Å². The number of hydrogen-bond acceptors (Lipinski definition) is 6. The van der Waals surface area contributed by atoms with Crippen molar-refractivity contribution in [3.8, 4) is 0 Å². The monoisotopic (exact) mass is 252 g/mol. The average molecular weight is 252 g/mol. The lowest BCUT2D eigenvalue weighted by Gasteiger charge is -2.18. The molecular weight excluding hydrogens is 236 g/mol. The van der Waals surface area contributed by atoms with E-state index in [1.807, 2.05) is 5.43 Å². The minimum absolute atomic E-state index is 0.0216.